The molecule has 0 spiro atoms. The third-order valence-electron chi connectivity index (χ3n) is 3.94. The van der Waals surface area contributed by atoms with E-state index in [9.17, 15) is 16.8 Å². The first-order valence-electron chi connectivity index (χ1n) is 8.79. The van der Waals surface area contributed by atoms with Crippen LogP contribution in [0.25, 0.3) is 0 Å². The van der Waals surface area contributed by atoms with Crippen molar-refractivity contribution < 1.29 is 16.8 Å². The Balaban J connectivity index is 2.01. The number of thiophene rings is 1. The molecule has 0 bridgehead atoms. The predicted octanol–water partition coefficient (Wildman–Crippen LogP) is 2.47. The van der Waals surface area contributed by atoms with E-state index in [1.54, 1.807) is 18.2 Å². The third kappa shape index (κ3) is 5.74. The molecule has 0 aromatic carbocycles. The van der Waals surface area contributed by atoms with Crippen molar-refractivity contribution in [2.75, 3.05) is 19.4 Å². The van der Waals surface area contributed by atoms with Gasteiger partial charge in [0.1, 0.15) is 14.9 Å². The first-order chi connectivity index (χ1) is 13.1. The van der Waals surface area contributed by atoms with Crippen LogP contribution in [0.4, 0.5) is 5.82 Å². The molecule has 1 atom stereocenters. The molecule has 0 aliphatic carbocycles. The summed E-state index contributed by atoms with van der Waals surface area (Å²) in [7, 11) is -4.06. The third-order valence-corrected chi connectivity index (χ3v) is 8.88. The molecule has 0 aliphatic rings. The fourth-order valence-corrected chi connectivity index (χ4v) is 6.10. The molecule has 2 aromatic rings. The van der Waals surface area contributed by atoms with Gasteiger partial charge in [0, 0.05) is 31.2 Å². The van der Waals surface area contributed by atoms with Crippen molar-refractivity contribution in [2.24, 2.45) is 0 Å². The molecule has 28 heavy (non-hydrogen) atoms. The zero-order valence-electron chi connectivity index (χ0n) is 16.3. The number of nitrogens with zero attached hydrogens (tertiary/aromatic N) is 2. The van der Waals surface area contributed by atoms with E-state index in [4.69, 9.17) is 0 Å². The monoisotopic (exact) mass is 446 g/mol. The second-order valence-electron chi connectivity index (χ2n) is 6.55. The lowest BCUT2D eigenvalue weighted by molar-refractivity contribution is 0.523. The summed E-state index contributed by atoms with van der Waals surface area (Å²) in [6, 6.07) is 6.26. The number of hydrogen-bond donors (Lipinski definition) is 2. The topological polar surface area (TPSA) is 108 Å². The molecule has 0 amide bonds. The van der Waals surface area contributed by atoms with E-state index in [1.807, 2.05) is 13.8 Å². The van der Waals surface area contributed by atoms with Crippen LogP contribution < -0.4 is 10.0 Å². The van der Waals surface area contributed by atoms with E-state index in [-0.39, 0.29) is 15.1 Å². The van der Waals surface area contributed by atoms with Gasteiger partial charge in [-0.2, -0.15) is 0 Å². The van der Waals surface area contributed by atoms with Gasteiger partial charge >= 0.3 is 0 Å². The maximum atomic E-state index is 12.3. The lowest BCUT2D eigenvalue weighted by Gasteiger charge is -2.13. The van der Waals surface area contributed by atoms with Gasteiger partial charge in [-0.05, 0) is 37.6 Å². The zero-order chi connectivity index (χ0) is 20.9. The molecule has 2 heterocycles. The second-order valence-corrected chi connectivity index (χ2v) is 11.8. The Morgan fingerprint density at radius 3 is 2.43 bits per heavy atom. The molecule has 2 rings (SSSR count). The first kappa shape index (κ1) is 22.8. The number of hydrogen-bond acceptors (Lipinski definition) is 7. The van der Waals surface area contributed by atoms with Gasteiger partial charge in [0.05, 0.1) is 6.54 Å². The molecule has 156 valence electrons. The van der Waals surface area contributed by atoms with Crippen molar-refractivity contribution in [3.63, 3.8) is 0 Å². The predicted molar refractivity (Wildman–Crippen MR) is 111 cm³/mol. The number of pyridine rings is 1. The summed E-state index contributed by atoms with van der Waals surface area (Å²) in [5.41, 5.74) is 0. The number of aromatic nitrogens is 1. The summed E-state index contributed by atoms with van der Waals surface area (Å²) >= 11 is 1.18. The number of nitrogens with one attached hydrogen (secondary N) is 2. The van der Waals surface area contributed by atoms with Crippen LogP contribution in [0.15, 0.2) is 39.6 Å². The SMILES string of the molecule is CCCC(C)NS(=O)(=O)c1ccc(NCc2ccc(S(=O)(=O)N(C)C)s2)nc1. The van der Waals surface area contributed by atoms with Gasteiger partial charge in [0.25, 0.3) is 10.0 Å². The fraction of sp³-hybridized carbons (Fsp3) is 0.471. The van der Waals surface area contributed by atoms with Crippen LogP contribution in [-0.2, 0) is 26.6 Å². The zero-order valence-corrected chi connectivity index (χ0v) is 18.8. The van der Waals surface area contributed by atoms with Gasteiger partial charge in [-0.15, -0.1) is 11.3 Å². The molecule has 0 saturated carbocycles. The van der Waals surface area contributed by atoms with Gasteiger partial charge in [-0.3, -0.25) is 0 Å². The van der Waals surface area contributed by atoms with E-state index in [0.29, 0.717) is 12.4 Å². The molecule has 0 radical (unpaired) electrons. The summed E-state index contributed by atoms with van der Waals surface area (Å²) in [6.45, 7) is 4.22. The van der Waals surface area contributed by atoms with E-state index in [0.717, 1.165) is 17.7 Å². The van der Waals surface area contributed by atoms with Crippen LogP contribution in [0, 0.1) is 0 Å². The molecule has 11 heteroatoms. The summed E-state index contributed by atoms with van der Waals surface area (Å²) in [4.78, 5) is 5.08. The van der Waals surface area contributed by atoms with E-state index in [1.165, 1.54) is 42.0 Å². The lowest BCUT2D eigenvalue weighted by Crippen LogP contribution is -2.32. The minimum absolute atomic E-state index is 0.108. The average molecular weight is 447 g/mol. The standard InChI is InChI=1S/C17H26N4O4S3/c1-5-6-13(2)20-27(22,23)15-8-9-16(19-12-15)18-11-14-7-10-17(26-14)28(24,25)21(3)4/h7-10,12-13,20H,5-6,11H2,1-4H3,(H,18,19). The number of sulfonamides is 2. The summed E-state index contributed by atoms with van der Waals surface area (Å²) < 4.78 is 53.0. The Labute approximate surface area is 171 Å². The minimum atomic E-state index is -3.60. The smallest absolute Gasteiger partial charge is 0.252 e. The quantitative estimate of drug-likeness (QED) is 0.580. The second kappa shape index (κ2) is 9.31. The van der Waals surface area contributed by atoms with Gasteiger partial charge in [0.2, 0.25) is 10.0 Å². The van der Waals surface area contributed by atoms with Gasteiger partial charge in [0.15, 0.2) is 0 Å². The highest BCUT2D eigenvalue weighted by atomic mass is 32.2. The Kier molecular flexibility index (Phi) is 7.57. The highest BCUT2D eigenvalue weighted by molar-refractivity contribution is 7.91. The van der Waals surface area contributed by atoms with Gasteiger partial charge < -0.3 is 5.32 Å². The molecule has 2 N–H and O–H groups in total. The Hall–Kier alpha value is -1.53. The van der Waals surface area contributed by atoms with Gasteiger partial charge in [-0.25, -0.2) is 30.8 Å². The summed E-state index contributed by atoms with van der Waals surface area (Å²) in [6.07, 6.45) is 2.96. The summed E-state index contributed by atoms with van der Waals surface area (Å²) in [5.74, 6) is 0.506. The molecule has 2 aromatic heterocycles. The molecule has 0 aliphatic heterocycles. The lowest BCUT2D eigenvalue weighted by atomic mass is 10.2. The highest BCUT2D eigenvalue weighted by Crippen LogP contribution is 2.24. The fourth-order valence-electron chi connectivity index (χ4n) is 2.42. The van der Waals surface area contributed by atoms with E-state index in [2.05, 4.69) is 15.0 Å². The molecular weight excluding hydrogens is 420 g/mol. The molecule has 0 saturated heterocycles. The number of rotatable bonds is 10. The maximum Gasteiger partial charge on any atom is 0.252 e. The van der Waals surface area contributed by atoms with E-state index < -0.39 is 20.0 Å². The largest absolute Gasteiger partial charge is 0.365 e. The van der Waals surface area contributed by atoms with Crippen molar-refractivity contribution in [3.05, 3.63) is 35.3 Å². The normalized spacial score (nSPS) is 13.6. The number of anilines is 1. The molecule has 0 fully saturated rings. The van der Waals surface area contributed by atoms with E-state index >= 15 is 0 Å². The van der Waals surface area contributed by atoms with Crippen LogP contribution in [0.1, 0.15) is 31.6 Å². The van der Waals surface area contributed by atoms with Crippen molar-refractivity contribution >= 4 is 37.2 Å². The van der Waals surface area contributed by atoms with Crippen LogP contribution in [0.5, 0.6) is 0 Å². The molecule has 1 unspecified atom stereocenters. The van der Waals surface area contributed by atoms with Gasteiger partial charge in [-0.1, -0.05) is 13.3 Å². The van der Waals surface area contributed by atoms with Crippen LogP contribution in [0.2, 0.25) is 0 Å². The first-order valence-corrected chi connectivity index (χ1v) is 12.5. The van der Waals surface area contributed by atoms with Crippen LogP contribution in [0.3, 0.4) is 0 Å². The highest BCUT2D eigenvalue weighted by Gasteiger charge is 2.20. The van der Waals surface area contributed by atoms with Crippen molar-refractivity contribution in [1.82, 2.24) is 14.0 Å². The summed E-state index contributed by atoms with van der Waals surface area (Å²) in [5, 5.41) is 3.07. The molecule has 8 nitrogen and oxygen atoms in total. The Morgan fingerprint density at radius 1 is 1.14 bits per heavy atom. The Morgan fingerprint density at radius 2 is 1.86 bits per heavy atom. The Bertz CT molecular complexity index is 984. The van der Waals surface area contributed by atoms with Crippen molar-refractivity contribution in [3.8, 4) is 0 Å². The average Bonchev–Trinajstić information content (AvgIpc) is 3.09. The molecular formula is C17H26N4O4S3. The van der Waals surface area contributed by atoms with Crippen LogP contribution in [-0.4, -0.2) is 46.3 Å². The maximum absolute atomic E-state index is 12.3. The van der Waals surface area contributed by atoms with Crippen molar-refractivity contribution in [2.45, 2.75) is 48.4 Å². The van der Waals surface area contributed by atoms with Crippen LogP contribution >= 0.6 is 11.3 Å². The minimum Gasteiger partial charge on any atom is -0.365 e. The van der Waals surface area contributed by atoms with Crippen molar-refractivity contribution in [1.29, 1.82) is 0 Å².